The molecular weight excluding hydrogens is 328 g/mol. The van der Waals surface area contributed by atoms with Crippen molar-refractivity contribution >= 4 is 11.7 Å². The van der Waals surface area contributed by atoms with Gasteiger partial charge < -0.3 is 32.5 Å². The normalized spacial score (nSPS) is 15.6. The molecule has 0 spiro atoms. The first kappa shape index (κ1) is 20.6. The third-order valence-electron chi connectivity index (χ3n) is 4.33. The Morgan fingerprint density at radius 2 is 2.08 bits per heavy atom. The molecule has 1 aliphatic heterocycles. The van der Waals surface area contributed by atoms with Crippen LogP contribution < -0.4 is 17.7 Å². The summed E-state index contributed by atoms with van der Waals surface area (Å²) >= 11 is 0. The number of aromatic hydroxyl groups is 1. The van der Waals surface area contributed by atoms with Crippen LogP contribution in [0.2, 0.25) is 0 Å². The molecular formula is C18H29ClN2O3. The maximum atomic E-state index is 12.2. The second kappa shape index (κ2) is 10.4. The van der Waals surface area contributed by atoms with E-state index in [1.807, 2.05) is 6.07 Å². The van der Waals surface area contributed by atoms with E-state index in [9.17, 15) is 9.90 Å². The van der Waals surface area contributed by atoms with Crippen molar-refractivity contribution in [3.8, 4) is 5.75 Å². The second-order valence-electron chi connectivity index (χ2n) is 6.05. The Morgan fingerprint density at radius 1 is 1.38 bits per heavy atom. The highest BCUT2D eigenvalue weighted by Gasteiger charge is 2.23. The third kappa shape index (κ3) is 5.87. The summed E-state index contributed by atoms with van der Waals surface area (Å²) in [6.45, 7) is 8.08. The summed E-state index contributed by atoms with van der Waals surface area (Å²) in [4.78, 5) is 14.6. The maximum absolute atomic E-state index is 12.2. The summed E-state index contributed by atoms with van der Waals surface area (Å²) in [6, 6.07) is 5.03. The number of piperidine rings is 1. The van der Waals surface area contributed by atoms with Gasteiger partial charge in [-0.1, -0.05) is 20.3 Å². The van der Waals surface area contributed by atoms with Crippen LogP contribution >= 0.6 is 0 Å². The predicted molar refractivity (Wildman–Crippen MR) is 93.2 cm³/mol. The van der Waals surface area contributed by atoms with E-state index < -0.39 is 5.97 Å². The zero-order valence-electron chi connectivity index (χ0n) is 15.6. The fourth-order valence-electron chi connectivity index (χ4n) is 2.78. The van der Waals surface area contributed by atoms with Crippen LogP contribution in [-0.2, 0) is 4.74 Å². The molecule has 24 heavy (non-hydrogen) atoms. The number of hydrogen-bond acceptors (Lipinski definition) is 5. The molecule has 0 atom stereocenters. The Bertz CT molecular complexity index is 523. The van der Waals surface area contributed by atoms with Crippen LogP contribution in [0.3, 0.4) is 0 Å². The van der Waals surface area contributed by atoms with E-state index in [4.69, 9.17) is 4.74 Å². The largest absolute Gasteiger partial charge is 1.00 e. The van der Waals surface area contributed by atoms with Gasteiger partial charge in [-0.15, -0.1) is 0 Å². The topological polar surface area (TPSA) is 61.8 Å². The molecule has 2 N–H and O–H groups in total. The number of rotatable bonds is 7. The SMILES string of the molecule is CCCCNc1ccc(C(=O)OC2CCN(CC)CC2)c(O)c1.[Cl-].[H+]. The minimum atomic E-state index is -0.433. The fourth-order valence-corrected chi connectivity index (χ4v) is 2.78. The van der Waals surface area contributed by atoms with E-state index in [-0.39, 0.29) is 31.3 Å². The molecule has 0 aromatic heterocycles. The molecule has 1 aromatic rings. The number of carbonyl (C=O) groups excluding carboxylic acids is 1. The number of phenolic OH excluding ortho intramolecular Hbond substituents is 1. The van der Waals surface area contributed by atoms with E-state index in [2.05, 4.69) is 24.1 Å². The lowest BCUT2D eigenvalue weighted by atomic mass is 10.1. The van der Waals surface area contributed by atoms with E-state index >= 15 is 0 Å². The van der Waals surface area contributed by atoms with Gasteiger partial charge in [-0.05, 0) is 37.9 Å². The van der Waals surface area contributed by atoms with Crippen LogP contribution in [0, 0.1) is 0 Å². The second-order valence-corrected chi connectivity index (χ2v) is 6.05. The Labute approximate surface area is 152 Å². The third-order valence-corrected chi connectivity index (χ3v) is 4.33. The number of hydrogen-bond donors (Lipinski definition) is 2. The van der Waals surface area contributed by atoms with Gasteiger partial charge in [0.2, 0.25) is 0 Å². The molecule has 0 bridgehead atoms. The monoisotopic (exact) mass is 356 g/mol. The van der Waals surface area contributed by atoms with Gasteiger partial charge in [-0.2, -0.15) is 0 Å². The fraction of sp³-hybridized carbons (Fsp3) is 0.611. The number of anilines is 1. The van der Waals surface area contributed by atoms with Crippen LogP contribution in [0.1, 0.15) is 51.3 Å². The maximum Gasteiger partial charge on any atom is 1.00 e. The van der Waals surface area contributed by atoms with Gasteiger partial charge in [0.05, 0.1) is 0 Å². The van der Waals surface area contributed by atoms with Gasteiger partial charge >= 0.3 is 7.40 Å². The first-order valence-corrected chi connectivity index (χ1v) is 8.64. The molecule has 0 amide bonds. The number of halogens is 1. The number of benzene rings is 1. The highest BCUT2D eigenvalue weighted by Crippen LogP contribution is 2.24. The molecule has 5 nitrogen and oxygen atoms in total. The van der Waals surface area contributed by atoms with Crippen molar-refractivity contribution in [2.24, 2.45) is 0 Å². The highest BCUT2D eigenvalue weighted by atomic mass is 35.5. The molecule has 1 saturated heterocycles. The lowest BCUT2D eigenvalue weighted by molar-refractivity contribution is -0.0000832. The molecule has 0 aliphatic carbocycles. The average molecular weight is 357 g/mol. The summed E-state index contributed by atoms with van der Waals surface area (Å²) in [5.74, 6) is -0.458. The van der Waals surface area contributed by atoms with E-state index in [0.29, 0.717) is 0 Å². The molecule has 6 heteroatoms. The summed E-state index contributed by atoms with van der Waals surface area (Å²) in [6.07, 6.45) is 3.85. The van der Waals surface area contributed by atoms with Crippen molar-refractivity contribution in [3.05, 3.63) is 23.8 Å². The van der Waals surface area contributed by atoms with E-state index in [1.54, 1.807) is 12.1 Å². The van der Waals surface area contributed by atoms with Crippen molar-refractivity contribution in [1.29, 1.82) is 0 Å². The van der Waals surface area contributed by atoms with Crippen LogP contribution in [0.25, 0.3) is 0 Å². The summed E-state index contributed by atoms with van der Waals surface area (Å²) in [5, 5.41) is 13.3. The van der Waals surface area contributed by atoms with Crippen molar-refractivity contribution in [2.75, 3.05) is 31.5 Å². The highest BCUT2D eigenvalue weighted by molar-refractivity contribution is 5.93. The van der Waals surface area contributed by atoms with E-state index in [0.717, 1.165) is 57.5 Å². The number of esters is 1. The zero-order valence-corrected chi connectivity index (χ0v) is 15.3. The number of nitrogens with one attached hydrogen (secondary N) is 1. The molecule has 136 valence electrons. The van der Waals surface area contributed by atoms with Gasteiger partial charge in [-0.25, -0.2) is 4.79 Å². The predicted octanol–water partition coefficient (Wildman–Crippen LogP) is 0.362. The lowest BCUT2D eigenvalue weighted by Crippen LogP contribution is -3.00. The van der Waals surface area contributed by atoms with Crippen LogP contribution in [0.4, 0.5) is 5.69 Å². The van der Waals surface area contributed by atoms with Crippen molar-refractivity contribution in [2.45, 2.75) is 45.6 Å². The zero-order chi connectivity index (χ0) is 16.7. The summed E-state index contributed by atoms with van der Waals surface area (Å²) < 4.78 is 5.54. The number of likely N-dealkylation sites (tertiary alicyclic amines) is 1. The van der Waals surface area contributed by atoms with Gasteiger partial charge in [0.25, 0.3) is 0 Å². The van der Waals surface area contributed by atoms with Gasteiger partial charge in [0, 0.05) is 31.4 Å². The lowest BCUT2D eigenvalue weighted by Gasteiger charge is -2.30. The van der Waals surface area contributed by atoms with Crippen molar-refractivity contribution in [1.82, 2.24) is 4.90 Å². The number of unbranched alkanes of at least 4 members (excludes halogenated alkanes) is 1. The standard InChI is InChI=1S/C18H28N2O3.ClH/c1-3-5-10-19-14-6-7-16(17(21)13-14)18(22)23-15-8-11-20(4-2)12-9-15;/h6-7,13,15,19,21H,3-5,8-12H2,1-2H3;1H. The Hall–Kier alpha value is -1.46. The smallest absolute Gasteiger partial charge is 1.00 e. The Kier molecular flexibility index (Phi) is 8.93. The van der Waals surface area contributed by atoms with Crippen molar-refractivity contribution in [3.63, 3.8) is 0 Å². The average Bonchev–Trinajstić information content (AvgIpc) is 2.56. The first-order chi connectivity index (χ1) is 11.1. The van der Waals surface area contributed by atoms with Gasteiger partial charge in [-0.3, -0.25) is 0 Å². The minimum absolute atomic E-state index is 0. The molecule has 0 saturated carbocycles. The molecule has 2 rings (SSSR count). The van der Waals surface area contributed by atoms with Crippen molar-refractivity contribution < 1.29 is 28.5 Å². The molecule has 1 fully saturated rings. The number of carbonyl (C=O) groups is 1. The number of ether oxygens (including phenoxy) is 1. The summed E-state index contributed by atoms with van der Waals surface area (Å²) in [7, 11) is 0. The quantitative estimate of drug-likeness (QED) is 0.545. The van der Waals surface area contributed by atoms with Gasteiger partial charge in [0.1, 0.15) is 17.4 Å². The minimum Gasteiger partial charge on any atom is -1.00 e. The van der Waals surface area contributed by atoms with Gasteiger partial charge in [0.15, 0.2) is 0 Å². The number of phenols is 1. The Morgan fingerprint density at radius 3 is 2.67 bits per heavy atom. The molecule has 1 heterocycles. The Balaban J connectivity index is 0.00000288. The molecule has 1 aromatic carbocycles. The first-order valence-electron chi connectivity index (χ1n) is 8.64. The molecule has 1 aliphatic rings. The van der Waals surface area contributed by atoms with Crippen LogP contribution in [-0.4, -0.2) is 48.3 Å². The number of nitrogens with zero attached hydrogens (tertiary/aromatic N) is 1. The molecule has 0 radical (unpaired) electrons. The van der Waals surface area contributed by atoms with E-state index in [1.165, 1.54) is 0 Å². The summed E-state index contributed by atoms with van der Waals surface area (Å²) in [5.41, 5.74) is 1.06. The molecule has 0 unspecified atom stereocenters. The van der Waals surface area contributed by atoms with Crippen LogP contribution in [0.5, 0.6) is 5.75 Å². The van der Waals surface area contributed by atoms with Crippen LogP contribution in [0.15, 0.2) is 18.2 Å².